The SMILES string of the molecule is CSc1nc(C(=O)NCc2noc(Cc3ccccc3)n2)cs1. The number of nitrogens with one attached hydrogen (secondary N) is 1. The molecule has 2 aromatic heterocycles. The molecule has 3 rings (SSSR count). The van der Waals surface area contributed by atoms with E-state index in [1.54, 1.807) is 5.38 Å². The molecular weight excluding hydrogens is 332 g/mol. The maximum absolute atomic E-state index is 12.0. The molecule has 0 saturated heterocycles. The van der Waals surface area contributed by atoms with Gasteiger partial charge in [-0.05, 0) is 11.8 Å². The van der Waals surface area contributed by atoms with E-state index in [9.17, 15) is 4.79 Å². The van der Waals surface area contributed by atoms with E-state index in [-0.39, 0.29) is 12.5 Å². The number of amides is 1. The first-order valence-electron chi connectivity index (χ1n) is 6.87. The monoisotopic (exact) mass is 346 g/mol. The molecule has 0 bridgehead atoms. The van der Waals surface area contributed by atoms with Crippen LogP contribution in [0.25, 0.3) is 0 Å². The van der Waals surface area contributed by atoms with Crippen molar-refractivity contribution in [1.82, 2.24) is 20.4 Å². The van der Waals surface area contributed by atoms with Crippen molar-refractivity contribution < 1.29 is 9.32 Å². The van der Waals surface area contributed by atoms with E-state index in [0.29, 0.717) is 23.8 Å². The Morgan fingerprint density at radius 1 is 1.30 bits per heavy atom. The van der Waals surface area contributed by atoms with Crippen molar-refractivity contribution in [2.75, 3.05) is 6.26 Å². The highest BCUT2D eigenvalue weighted by Gasteiger charge is 2.12. The quantitative estimate of drug-likeness (QED) is 0.691. The summed E-state index contributed by atoms with van der Waals surface area (Å²) in [5.74, 6) is 0.735. The van der Waals surface area contributed by atoms with Crippen molar-refractivity contribution >= 4 is 29.0 Å². The Morgan fingerprint density at radius 2 is 2.13 bits per heavy atom. The molecule has 118 valence electrons. The molecule has 6 nitrogen and oxygen atoms in total. The molecule has 2 heterocycles. The maximum Gasteiger partial charge on any atom is 0.271 e. The third-order valence-corrected chi connectivity index (χ3v) is 4.87. The van der Waals surface area contributed by atoms with E-state index in [2.05, 4.69) is 20.4 Å². The molecule has 0 aliphatic carbocycles. The van der Waals surface area contributed by atoms with Gasteiger partial charge in [0.25, 0.3) is 5.91 Å². The van der Waals surface area contributed by atoms with Crippen LogP contribution in [0.2, 0.25) is 0 Å². The molecule has 0 fully saturated rings. The summed E-state index contributed by atoms with van der Waals surface area (Å²) in [5.41, 5.74) is 1.51. The van der Waals surface area contributed by atoms with Crippen molar-refractivity contribution in [3.63, 3.8) is 0 Å². The smallest absolute Gasteiger partial charge is 0.271 e. The summed E-state index contributed by atoms with van der Waals surface area (Å²) < 4.78 is 6.06. The summed E-state index contributed by atoms with van der Waals surface area (Å²) >= 11 is 2.96. The third kappa shape index (κ3) is 4.17. The molecule has 8 heteroatoms. The van der Waals surface area contributed by atoms with Gasteiger partial charge >= 0.3 is 0 Å². The molecule has 3 aromatic rings. The minimum absolute atomic E-state index is 0.212. The van der Waals surface area contributed by atoms with Gasteiger partial charge in [-0.1, -0.05) is 47.3 Å². The zero-order chi connectivity index (χ0) is 16.1. The summed E-state index contributed by atoms with van der Waals surface area (Å²) in [6, 6.07) is 9.88. The first kappa shape index (κ1) is 15.7. The topological polar surface area (TPSA) is 80.9 Å². The van der Waals surface area contributed by atoms with E-state index in [0.717, 1.165) is 9.90 Å². The first-order chi connectivity index (χ1) is 11.2. The van der Waals surface area contributed by atoms with E-state index < -0.39 is 0 Å². The molecule has 1 N–H and O–H groups in total. The first-order valence-corrected chi connectivity index (χ1v) is 8.98. The zero-order valence-electron chi connectivity index (χ0n) is 12.4. The van der Waals surface area contributed by atoms with Crippen LogP contribution in [0.3, 0.4) is 0 Å². The fourth-order valence-electron chi connectivity index (χ4n) is 1.91. The average Bonchev–Trinajstić information content (AvgIpc) is 3.23. The number of aromatic nitrogens is 3. The normalized spacial score (nSPS) is 10.7. The number of benzene rings is 1. The molecule has 0 radical (unpaired) electrons. The fraction of sp³-hybridized carbons (Fsp3) is 0.200. The van der Waals surface area contributed by atoms with Gasteiger partial charge in [0.2, 0.25) is 5.89 Å². The number of carbonyl (C=O) groups is 1. The van der Waals surface area contributed by atoms with E-state index in [4.69, 9.17) is 4.52 Å². The predicted molar refractivity (Wildman–Crippen MR) is 88.6 cm³/mol. The molecule has 23 heavy (non-hydrogen) atoms. The van der Waals surface area contributed by atoms with Gasteiger partial charge < -0.3 is 9.84 Å². The second-order valence-electron chi connectivity index (χ2n) is 4.65. The zero-order valence-corrected chi connectivity index (χ0v) is 14.0. The fourth-order valence-corrected chi connectivity index (χ4v) is 3.15. The summed E-state index contributed by atoms with van der Waals surface area (Å²) in [5, 5.41) is 8.35. The molecule has 0 aliphatic rings. The van der Waals surface area contributed by atoms with Gasteiger partial charge in [-0.15, -0.1) is 11.3 Å². The lowest BCUT2D eigenvalue weighted by Gasteiger charge is -1.98. The van der Waals surface area contributed by atoms with Crippen LogP contribution >= 0.6 is 23.1 Å². The number of hydrogen-bond acceptors (Lipinski definition) is 7. The van der Waals surface area contributed by atoms with Crippen LogP contribution in [-0.2, 0) is 13.0 Å². The van der Waals surface area contributed by atoms with Crippen molar-refractivity contribution in [2.24, 2.45) is 0 Å². The van der Waals surface area contributed by atoms with E-state index in [1.165, 1.54) is 23.1 Å². The minimum atomic E-state index is -0.240. The lowest BCUT2D eigenvalue weighted by molar-refractivity contribution is 0.0945. The number of hydrogen-bond donors (Lipinski definition) is 1. The highest BCUT2D eigenvalue weighted by Crippen LogP contribution is 2.19. The number of thioether (sulfide) groups is 1. The highest BCUT2D eigenvalue weighted by atomic mass is 32.2. The van der Waals surface area contributed by atoms with Crippen molar-refractivity contribution in [3.05, 3.63) is 58.7 Å². The summed E-state index contributed by atoms with van der Waals surface area (Å²) in [6.07, 6.45) is 2.50. The Hall–Kier alpha value is -2.19. The largest absolute Gasteiger partial charge is 0.343 e. The van der Waals surface area contributed by atoms with Gasteiger partial charge in [-0.25, -0.2) is 4.98 Å². The summed E-state index contributed by atoms with van der Waals surface area (Å²) in [4.78, 5) is 20.5. The maximum atomic E-state index is 12.0. The lowest BCUT2D eigenvalue weighted by Crippen LogP contribution is -2.23. The Kier molecular flexibility index (Phi) is 5.04. The van der Waals surface area contributed by atoms with Crippen LogP contribution < -0.4 is 5.32 Å². The molecule has 0 saturated carbocycles. The van der Waals surface area contributed by atoms with Crippen LogP contribution in [0.5, 0.6) is 0 Å². The van der Waals surface area contributed by atoms with Gasteiger partial charge in [-0.2, -0.15) is 4.98 Å². The Balaban J connectivity index is 1.55. The van der Waals surface area contributed by atoms with Crippen LogP contribution in [-0.4, -0.2) is 27.3 Å². The van der Waals surface area contributed by atoms with Gasteiger partial charge in [0.15, 0.2) is 5.82 Å². The highest BCUT2D eigenvalue weighted by molar-refractivity contribution is 8.00. The minimum Gasteiger partial charge on any atom is -0.343 e. The van der Waals surface area contributed by atoms with Crippen LogP contribution in [0, 0.1) is 0 Å². The average molecular weight is 346 g/mol. The van der Waals surface area contributed by atoms with Gasteiger partial charge in [0.05, 0.1) is 13.0 Å². The lowest BCUT2D eigenvalue weighted by atomic mass is 10.1. The Labute approximate surface area is 141 Å². The van der Waals surface area contributed by atoms with E-state index in [1.807, 2.05) is 36.6 Å². The van der Waals surface area contributed by atoms with Crippen LogP contribution in [0.15, 0.2) is 44.6 Å². The van der Waals surface area contributed by atoms with Gasteiger partial charge in [-0.3, -0.25) is 4.79 Å². The van der Waals surface area contributed by atoms with Gasteiger partial charge in [0.1, 0.15) is 10.0 Å². The molecule has 0 spiro atoms. The number of rotatable bonds is 6. The second-order valence-corrected chi connectivity index (χ2v) is 6.56. The Bertz CT molecular complexity index is 786. The molecule has 0 unspecified atom stereocenters. The molecule has 1 amide bonds. The van der Waals surface area contributed by atoms with E-state index >= 15 is 0 Å². The molecular formula is C15H14N4O2S2. The number of carbonyl (C=O) groups excluding carboxylic acids is 1. The molecule has 0 aliphatic heterocycles. The number of nitrogens with zero attached hydrogens (tertiary/aromatic N) is 3. The van der Waals surface area contributed by atoms with Crippen LogP contribution in [0.4, 0.5) is 0 Å². The molecule has 0 atom stereocenters. The predicted octanol–water partition coefficient (Wildman–Crippen LogP) is 2.77. The van der Waals surface area contributed by atoms with Crippen molar-refractivity contribution in [3.8, 4) is 0 Å². The summed E-state index contributed by atoms with van der Waals surface area (Å²) in [6.45, 7) is 0.212. The summed E-state index contributed by atoms with van der Waals surface area (Å²) in [7, 11) is 0. The van der Waals surface area contributed by atoms with Gasteiger partial charge in [0, 0.05) is 5.38 Å². The number of thiazole rings is 1. The van der Waals surface area contributed by atoms with Crippen molar-refractivity contribution in [1.29, 1.82) is 0 Å². The standard InChI is InChI=1S/C15H14N4O2S2/c1-22-15-17-11(9-23-15)14(20)16-8-12-18-13(21-19-12)7-10-5-3-2-4-6-10/h2-6,9H,7-8H2,1H3,(H,16,20). The second kappa shape index (κ2) is 7.38. The molecule has 1 aromatic carbocycles. The third-order valence-electron chi connectivity index (χ3n) is 3.01. The Morgan fingerprint density at radius 3 is 2.87 bits per heavy atom. The van der Waals surface area contributed by atoms with Crippen LogP contribution in [0.1, 0.15) is 27.8 Å². The van der Waals surface area contributed by atoms with Crippen molar-refractivity contribution in [2.45, 2.75) is 17.3 Å².